The number of anilines is 2. The Balaban J connectivity index is 1.40. The molecule has 38 heavy (non-hydrogen) atoms. The van der Waals surface area contributed by atoms with E-state index in [0.717, 1.165) is 5.56 Å². The van der Waals surface area contributed by atoms with Crippen molar-refractivity contribution in [3.63, 3.8) is 0 Å². The van der Waals surface area contributed by atoms with Crippen LogP contribution in [0, 0.1) is 23.2 Å². The van der Waals surface area contributed by atoms with Crippen molar-refractivity contribution < 1.29 is 18.0 Å². The molecule has 2 amide bonds. The number of nitrogens with one attached hydrogen (secondary N) is 2. The molecule has 3 fully saturated rings. The van der Waals surface area contributed by atoms with Crippen molar-refractivity contribution >= 4 is 33.2 Å². The number of amides is 2. The van der Waals surface area contributed by atoms with Gasteiger partial charge in [0.2, 0.25) is 21.8 Å². The van der Waals surface area contributed by atoms with Crippen LogP contribution in [-0.4, -0.2) is 47.5 Å². The fourth-order valence-corrected chi connectivity index (χ4v) is 7.79. The van der Waals surface area contributed by atoms with Gasteiger partial charge in [0, 0.05) is 24.8 Å². The zero-order chi connectivity index (χ0) is 27.0. The molecule has 1 saturated heterocycles. The second-order valence-electron chi connectivity index (χ2n) is 11.3. The Bertz CT molecular complexity index is 1570. The fourth-order valence-electron chi connectivity index (χ4n) is 6.41. The van der Waals surface area contributed by atoms with Gasteiger partial charge in [0.05, 0.1) is 16.7 Å². The topological polar surface area (TPSA) is 141 Å². The molecule has 2 saturated carbocycles. The first-order valence-electron chi connectivity index (χ1n) is 12.9. The van der Waals surface area contributed by atoms with Crippen LogP contribution in [0.3, 0.4) is 0 Å². The van der Waals surface area contributed by atoms with Crippen molar-refractivity contribution in [3.8, 4) is 6.07 Å². The lowest BCUT2D eigenvalue weighted by molar-refractivity contribution is -0.137. The third-order valence-electron chi connectivity index (χ3n) is 8.65. The standard InChI is InChI=1S/C27H29N5O5S/c1-16(2)20-13-27(20,32-11-5-8-22(23(32)33)30-38(36,37)18-9-10-18)25(35)31-15-26(12-17(31)14-28)19-6-3-4-7-21(19)29-24(26)34/h3-8,11,16-18,20,30H,9-10,12-13,15H2,1-2H3,(H,29,34)/t17-,20?,26-,27?/m0/s1. The van der Waals surface area contributed by atoms with Crippen LogP contribution in [-0.2, 0) is 30.6 Å². The van der Waals surface area contributed by atoms with Crippen LogP contribution < -0.4 is 15.6 Å². The molecule has 2 aliphatic heterocycles. The highest BCUT2D eigenvalue weighted by Crippen LogP contribution is 2.57. The van der Waals surface area contributed by atoms with Crippen molar-refractivity contribution in [2.24, 2.45) is 11.8 Å². The molecule has 0 radical (unpaired) electrons. The molecular formula is C27H29N5O5S. The van der Waals surface area contributed by atoms with Gasteiger partial charge < -0.3 is 10.2 Å². The Morgan fingerprint density at radius 2 is 1.89 bits per heavy atom. The number of hydrogen-bond acceptors (Lipinski definition) is 6. The lowest BCUT2D eigenvalue weighted by Gasteiger charge is -2.30. The number of hydrogen-bond donors (Lipinski definition) is 2. The lowest BCUT2D eigenvalue weighted by Crippen LogP contribution is -2.50. The summed E-state index contributed by atoms with van der Waals surface area (Å²) < 4.78 is 28.9. The van der Waals surface area contributed by atoms with E-state index in [-0.39, 0.29) is 42.3 Å². The molecule has 1 aromatic heterocycles. The number of para-hydroxylation sites is 1. The molecule has 4 atom stereocenters. The maximum atomic E-state index is 14.4. The highest BCUT2D eigenvalue weighted by molar-refractivity contribution is 7.93. The number of fused-ring (bicyclic) bond motifs is 2. The Morgan fingerprint density at radius 1 is 1.16 bits per heavy atom. The van der Waals surface area contributed by atoms with E-state index in [1.54, 1.807) is 12.1 Å². The number of pyridine rings is 1. The predicted octanol–water partition coefficient (Wildman–Crippen LogP) is 2.14. The van der Waals surface area contributed by atoms with Gasteiger partial charge >= 0.3 is 0 Å². The maximum absolute atomic E-state index is 14.4. The summed E-state index contributed by atoms with van der Waals surface area (Å²) in [6, 6.07) is 11.6. The molecule has 4 aliphatic rings. The van der Waals surface area contributed by atoms with Crippen LogP contribution in [0.5, 0.6) is 0 Å². The average molecular weight is 536 g/mol. The van der Waals surface area contributed by atoms with Crippen molar-refractivity contribution in [2.75, 3.05) is 16.6 Å². The van der Waals surface area contributed by atoms with Crippen LogP contribution >= 0.6 is 0 Å². The summed E-state index contributed by atoms with van der Waals surface area (Å²) in [5.41, 5.74) is -1.56. The molecule has 10 nitrogen and oxygen atoms in total. The van der Waals surface area contributed by atoms with Crippen LogP contribution in [0.4, 0.5) is 11.4 Å². The SMILES string of the molecule is CC(C)C1CC1(C(=O)N1C[C@]2(C[C@H]1C#N)C(=O)Nc1ccccc12)n1cccc(NS(=O)(=O)C2CC2)c1=O. The molecule has 2 unspecified atom stereocenters. The smallest absolute Gasteiger partial charge is 0.275 e. The summed E-state index contributed by atoms with van der Waals surface area (Å²) >= 11 is 0. The van der Waals surface area contributed by atoms with Crippen molar-refractivity contribution in [1.29, 1.82) is 5.26 Å². The number of benzene rings is 1. The van der Waals surface area contributed by atoms with E-state index in [9.17, 15) is 28.1 Å². The summed E-state index contributed by atoms with van der Waals surface area (Å²) in [5, 5.41) is 12.4. The minimum absolute atomic E-state index is 0.0300. The largest absolute Gasteiger partial charge is 0.325 e. The average Bonchev–Trinajstić information content (AvgIpc) is 3.80. The summed E-state index contributed by atoms with van der Waals surface area (Å²) in [6.45, 7) is 3.97. The van der Waals surface area contributed by atoms with Crippen LogP contribution in [0.15, 0.2) is 47.4 Å². The van der Waals surface area contributed by atoms with Gasteiger partial charge in [-0.2, -0.15) is 5.26 Å². The van der Waals surface area contributed by atoms with Gasteiger partial charge in [-0.3, -0.25) is 23.7 Å². The van der Waals surface area contributed by atoms with Gasteiger partial charge in [-0.05, 0) is 54.9 Å². The molecule has 2 aromatic rings. The molecule has 3 heterocycles. The van der Waals surface area contributed by atoms with E-state index < -0.39 is 37.8 Å². The van der Waals surface area contributed by atoms with E-state index in [0.29, 0.717) is 24.9 Å². The minimum Gasteiger partial charge on any atom is -0.325 e. The van der Waals surface area contributed by atoms with Gasteiger partial charge in [0.25, 0.3) is 5.56 Å². The Hall–Kier alpha value is -3.65. The predicted molar refractivity (Wildman–Crippen MR) is 140 cm³/mol. The summed E-state index contributed by atoms with van der Waals surface area (Å²) in [5.74, 6) is -0.775. The van der Waals surface area contributed by atoms with Crippen molar-refractivity contribution in [2.45, 2.75) is 61.8 Å². The first-order chi connectivity index (χ1) is 18.0. The van der Waals surface area contributed by atoms with Crippen LogP contribution in [0.2, 0.25) is 0 Å². The minimum atomic E-state index is -3.68. The first-order valence-corrected chi connectivity index (χ1v) is 14.5. The molecule has 198 valence electrons. The zero-order valence-corrected chi connectivity index (χ0v) is 22.0. The normalized spacial score (nSPS) is 29.7. The first kappa shape index (κ1) is 24.7. The number of nitrogens with zero attached hydrogens (tertiary/aromatic N) is 3. The highest BCUT2D eigenvalue weighted by Gasteiger charge is 2.67. The molecule has 2 aliphatic carbocycles. The van der Waals surface area contributed by atoms with E-state index in [1.807, 2.05) is 32.0 Å². The van der Waals surface area contributed by atoms with Gasteiger partial charge in [0.15, 0.2) is 0 Å². The van der Waals surface area contributed by atoms with E-state index in [2.05, 4.69) is 16.1 Å². The maximum Gasteiger partial charge on any atom is 0.275 e. The third kappa shape index (κ3) is 3.42. The third-order valence-corrected chi connectivity index (χ3v) is 10.5. The molecule has 1 spiro atoms. The van der Waals surface area contributed by atoms with Gasteiger partial charge in [0.1, 0.15) is 17.3 Å². The van der Waals surface area contributed by atoms with E-state index in [4.69, 9.17) is 0 Å². The summed E-state index contributed by atoms with van der Waals surface area (Å²) in [7, 11) is -3.68. The second-order valence-corrected chi connectivity index (χ2v) is 13.2. The molecular weight excluding hydrogens is 506 g/mol. The fraction of sp³-hybridized carbons (Fsp3) is 0.481. The van der Waals surface area contributed by atoms with Crippen molar-refractivity contribution in [3.05, 3.63) is 58.5 Å². The van der Waals surface area contributed by atoms with E-state index >= 15 is 0 Å². The number of carbonyl (C=O) groups excluding carboxylic acids is 2. The summed E-state index contributed by atoms with van der Waals surface area (Å²) in [6.07, 6.45) is 3.17. The lowest BCUT2D eigenvalue weighted by atomic mass is 9.80. The Morgan fingerprint density at radius 3 is 2.55 bits per heavy atom. The van der Waals surface area contributed by atoms with Gasteiger partial charge in [-0.1, -0.05) is 32.0 Å². The number of rotatable bonds is 6. The van der Waals surface area contributed by atoms with Gasteiger partial charge in [-0.25, -0.2) is 8.42 Å². The molecule has 6 rings (SSSR count). The molecule has 2 N–H and O–H groups in total. The molecule has 0 bridgehead atoms. The Kier molecular flexibility index (Phi) is 5.31. The number of nitriles is 1. The quantitative estimate of drug-likeness (QED) is 0.581. The number of aromatic nitrogens is 1. The van der Waals surface area contributed by atoms with Crippen molar-refractivity contribution in [1.82, 2.24) is 9.47 Å². The number of sulfonamides is 1. The Labute approximate surface area is 220 Å². The zero-order valence-electron chi connectivity index (χ0n) is 21.2. The van der Waals surface area contributed by atoms with E-state index in [1.165, 1.54) is 21.7 Å². The van der Waals surface area contributed by atoms with Gasteiger partial charge in [-0.15, -0.1) is 0 Å². The second kappa shape index (κ2) is 8.17. The number of carbonyl (C=O) groups is 2. The molecule has 1 aromatic carbocycles. The molecule has 11 heteroatoms. The number of likely N-dealkylation sites (tertiary alicyclic amines) is 1. The van der Waals surface area contributed by atoms with Crippen LogP contribution in [0.25, 0.3) is 0 Å². The summed E-state index contributed by atoms with van der Waals surface area (Å²) in [4.78, 5) is 42.7. The monoisotopic (exact) mass is 535 g/mol. The highest BCUT2D eigenvalue weighted by atomic mass is 32.2. The van der Waals surface area contributed by atoms with Crippen LogP contribution in [0.1, 0.15) is 45.1 Å².